The maximum atomic E-state index is 13.1. The van der Waals surface area contributed by atoms with E-state index < -0.39 is 5.41 Å². The highest BCUT2D eigenvalue weighted by atomic mass is 16.5. The second-order valence-electron chi connectivity index (χ2n) is 7.35. The fourth-order valence-corrected chi connectivity index (χ4v) is 4.14. The van der Waals surface area contributed by atoms with Crippen molar-refractivity contribution in [1.29, 1.82) is 0 Å². The highest BCUT2D eigenvalue weighted by Gasteiger charge is 2.47. The van der Waals surface area contributed by atoms with Gasteiger partial charge in [-0.1, -0.05) is 36.4 Å². The molecule has 27 heavy (non-hydrogen) atoms. The van der Waals surface area contributed by atoms with Crippen LogP contribution in [0.15, 0.2) is 54.2 Å². The molecule has 1 aromatic carbocycles. The van der Waals surface area contributed by atoms with Crippen LogP contribution in [0.25, 0.3) is 0 Å². The fraction of sp³-hybridized carbons (Fsp3) is 0.318. The van der Waals surface area contributed by atoms with Crippen molar-refractivity contribution in [3.63, 3.8) is 0 Å². The van der Waals surface area contributed by atoms with Gasteiger partial charge in [-0.15, -0.1) is 0 Å². The molecule has 0 unspecified atom stereocenters. The minimum absolute atomic E-state index is 0.0332. The molecule has 1 heterocycles. The third-order valence-electron chi connectivity index (χ3n) is 5.64. The van der Waals surface area contributed by atoms with Crippen molar-refractivity contribution in [2.45, 2.75) is 39.2 Å². The summed E-state index contributed by atoms with van der Waals surface area (Å²) in [5.41, 5.74) is 2.34. The molecule has 138 valence electrons. The van der Waals surface area contributed by atoms with E-state index in [4.69, 9.17) is 4.74 Å². The molecule has 0 saturated carbocycles. The zero-order valence-corrected chi connectivity index (χ0v) is 15.2. The molecular formula is C22H21NO4. The van der Waals surface area contributed by atoms with E-state index >= 15 is 0 Å². The first-order valence-corrected chi connectivity index (χ1v) is 9.16. The number of carbonyl (C=O) groups is 3. The fourth-order valence-electron chi connectivity index (χ4n) is 4.14. The molecule has 1 spiro atoms. The van der Waals surface area contributed by atoms with E-state index in [2.05, 4.69) is 0 Å². The van der Waals surface area contributed by atoms with Gasteiger partial charge in [0.1, 0.15) is 6.61 Å². The second kappa shape index (κ2) is 6.65. The quantitative estimate of drug-likeness (QED) is 0.780. The van der Waals surface area contributed by atoms with Gasteiger partial charge < -0.3 is 4.74 Å². The number of esters is 1. The van der Waals surface area contributed by atoms with Crippen LogP contribution in [-0.2, 0) is 22.6 Å². The summed E-state index contributed by atoms with van der Waals surface area (Å²) >= 11 is 0. The molecule has 0 saturated heterocycles. The van der Waals surface area contributed by atoms with Crippen LogP contribution in [0.4, 0.5) is 0 Å². The summed E-state index contributed by atoms with van der Waals surface area (Å²) in [5.74, 6) is -0.406. The monoisotopic (exact) mass is 363 g/mol. The Hall–Kier alpha value is -2.95. The average molecular weight is 363 g/mol. The summed E-state index contributed by atoms with van der Waals surface area (Å²) in [5, 5.41) is 0. The highest BCUT2D eigenvalue weighted by molar-refractivity contribution is 6.05. The highest BCUT2D eigenvalue weighted by Crippen LogP contribution is 2.47. The third-order valence-corrected chi connectivity index (χ3v) is 5.64. The summed E-state index contributed by atoms with van der Waals surface area (Å²) in [6, 6.07) is 11.3. The van der Waals surface area contributed by atoms with Crippen molar-refractivity contribution in [3.8, 4) is 0 Å². The predicted molar refractivity (Wildman–Crippen MR) is 99.4 cm³/mol. The molecular weight excluding hydrogens is 342 g/mol. The lowest BCUT2D eigenvalue weighted by atomic mass is 9.70. The minimum Gasteiger partial charge on any atom is -0.457 e. The Morgan fingerprint density at radius 1 is 1.19 bits per heavy atom. The molecule has 0 bridgehead atoms. The number of benzene rings is 1. The Balaban J connectivity index is 1.45. The van der Waals surface area contributed by atoms with Gasteiger partial charge in [-0.05, 0) is 37.3 Å². The Labute approximate surface area is 157 Å². The normalized spacial score (nSPS) is 21.1. The standard InChI is InChI=1S/C22H21NO4/c1-15(24)23-12-9-18-19(23)8-11-22(20(18)25)10-7-17(13-22)21(26)27-14-16-5-3-2-4-6-16/h2-7,9,12H,8,10-11,13-14H2,1H3/t22-/m1/s1. The van der Waals surface area contributed by atoms with Crippen LogP contribution in [0.3, 0.4) is 0 Å². The topological polar surface area (TPSA) is 65.4 Å². The van der Waals surface area contributed by atoms with E-state index in [1.54, 1.807) is 16.8 Å². The molecule has 2 aliphatic rings. The van der Waals surface area contributed by atoms with Gasteiger partial charge in [0.05, 0.1) is 0 Å². The molecule has 4 rings (SSSR count). The number of fused-ring (bicyclic) bond motifs is 1. The molecule has 5 heteroatoms. The van der Waals surface area contributed by atoms with Crippen molar-refractivity contribution >= 4 is 17.7 Å². The first-order chi connectivity index (χ1) is 13.0. The first kappa shape index (κ1) is 17.5. The lowest BCUT2D eigenvalue weighted by Crippen LogP contribution is -2.35. The van der Waals surface area contributed by atoms with Gasteiger partial charge in [0.25, 0.3) is 0 Å². The summed E-state index contributed by atoms with van der Waals surface area (Å²) in [4.78, 5) is 37.3. The van der Waals surface area contributed by atoms with Crippen LogP contribution in [-0.4, -0.2) is 22.2 Å². The van der Waals surface area contributed by atoms with Crippen LogP contribution in [0.1, 0.15) is 52.6 Å². The van der Waals surface area contributed by atoms with Crippen LogP contribution in [0, 0.1) is 5.41 Å². The van der Waals surface area contributed by atoms with Crippen LogP contribution < -0.4 is 0 Å². The van der Waals surface area contributed by atoms with Gasteiger partial charge in [0.2, 0.25) is 5.91 Å². The summed E-state index contributed by atoms with van der Waals surface area (Å²) in [7, 11) is 0. The smallest absolute Gasteiger partial charge is 0.334 e. The average Bonchev–Trinajstić information content (AvgIpc) is 3.30. The van der Waals surface area contributed by atoms with Gasteiger partial charge in [0, 0.05) is 35.4 Å². The molecule has 0 amide bonds. The van der Waals surface area contributed by atoms with Crippen molar-refractivity contribution < 1.29 is 19.1 Å². The third kappa shape index (κ3) is 3.03. The maximum absolute atomic E-state index is 13.1. The van der Waals surface area contributed by atoms with E-state index in [9.17, 15) is 14.4 Å². The van der Waals surface area contributed by atoms with Crippen LogP contribution in [0.2, 0.25) is 0 Å². The number of carbonyl (C=O) groups excluding carboxylic acids is 3. The Kier molecular flexibility index (Phi) is 4.30. The van der Waals surface area contributed by atoms with Gasteiger partial charge in [-0.3, -0.25) is 14.2 Å². The number of ketones is 1. The summed E-state index contributed by atoms with van der Waals surface area (Å²) in [6.45, 7) is 1.72. The molecule has 2 aromatic rings. The van der Waals surface area contributed by atoms with Gasteiger partial charge in [-0.2, -0.15) is 0 Å². The molecule has 0 fully saturated rings. The Morgan fingerprint density at radius 2 is 1.96 bits per heavy atom. The van der Waals surface area contributed by atoms with Crippen molar-refractivity contribution in [2.75, 3.05) is 0 Å². The lowest BCUT2D eigenvalue weighted by molar-refractivity contribution is -0.140. The zero-order chi connectivity index (χ0) is 19.0. The van der Waals surface area contributed by atoms with Gasteiger partial charge >= 0.3 is 5.97 Å². The van der Waals surface area contributed by atoms with Crippen molar-refractivity contribution in [3.05, 3.63) is 71.1 Å². The maximum Gasteiger partial charge on any atom is 0.334 e. The number of nitrogens with zero attached hydrogens (tertiary/aromatic N) is 1. The molecule has 0 N–H and O–H groups in total. The number of hydrogen-bond acceptors (Lipinski definition) is 4. The molecule has 2 aliphatic carbocycles. The SMILES string of the molecule is CC(=O)n1ccc2c1CC[C@@]1(CC=C(C(=O)OCc3ccccc3)C1)C2=O. The van der Waals surface area contributed by atoms with E-state index in [-0.39, 0.29) is 24.3 Å². The Morgan fingerprint density at radius 3 is 2.70 bits per heavy atom. The molecule has 1 aromatic heterocycles. The summed E-state index contributed by atoms with van der Waals surface area (Å²) in [6.07, 6.45) is 5.77. The molecule has 0 radical (unpaired) electrons. The number of Topliss-reactive ketones (excluding diaryl/α,β-unsaturated/α-hetero) is 1. The predicted octanol–water partition coefficient (Wildman–Crippen LogP) is 3.73. The number of aromatic nitrogens is 1. The van der Waals surface area contributed by atoms with Gasteiger partial charge in [-0.25, -0.2) is 4.79 Å². The van der Waals surface area contributed by atoms with Gasteiger partial charge in [0.15, 0.2) is 5.78 Å². The van der Waals surface area contributed by atoms with E-state index in [1.807, 2.05) is 36.4 Å². The van der Waals surface area contributed by atoms with Crippen LogP contribution >= 0.6 is 0 Å². The largest absolute Gasteiger partial charge is 0.457 e. The Bertz CT molecular complexity index is 954. The van der Waals surface area contributed by atoms with Crippen molar-refractivity contribution in [2.24, 2.45) is 5.41 Å². The second-order valence-corrected chi connectivity index (χ2v) is 7.35. The van der Waals surface area contributed by atoms with E-state index in [0.29, 0.717) is 36.8 Å². The molecule has 1 atom stereocenters. The molecule has 0 aliphatic heterocycles. The van der Waals surface area contributed by atoms with E-state index in [1.165, 1.54) is 6.92 Å². The minimum atomic E-state index is -0.572. The zero-order valence-electron chi connectivity index (χ0n) is 15.2. The number of ether oxygens (including phenoxy) is 1. The lowest BCUT2D eigenvalue weighted by Gasteiger charge is -2.32. The van der Waals surface area contributed by atoms with Crippen molar-refractivity contribution in [1.82, 2.24) is 4.57 Å². The number of allylic oxidation sites excluding steroid dienone is 1. The van der Waals surface area contributed by atoms with E-state index in [0.717, 1.165) is 11.3 Å². The van der Waals surface area contributed by atoms with Crippen LogP contribution in [0.5, 0.6) is 0 Å². The molecule has 5 nitrogen and oxygen atoms in total. The number of hydrogen-bond donors (Lipinski definition) is 0. The number of rotatable bonds is 3. The summed E-state index contributed by atoms with van der Waals surface area (Å²) < 4.78 is 6.97. The first-order valence-electron chi connectivity index (χ1n) is 9.16.